The van der Waals surface area contributed by atoms with E-state index in [9.17, 15) is 14.7 Å². The lowest BCUT2D eigenvalue weighted by atomic mass is 9.87. The minimum atomic E-state index is -0.962. The zero-order chi connectivity index (χ0) is 24.1. The number of rotatable bonds is 7. The molecule has 1 amide bonds. The minimum absolute atomic E-state index is 0.0169. The van der Waals surface area contributed by atoms with Gasteiger partial charge in [-0.2, -0.15) is 4.99 Å². The van der Waals surface area contributed by atoms with Gasteiger partial charge in [0, 0.05) is 12.1 Å². The van der Waals surface area contributed by atoms with Crippen LogP contribution in [0.15, 0.2) is 65.7 Å². The molecule has 0 aromatic heterocycles. The highest BCUT2D eigenvalue weighted by Gasteiger charge is 2.24. The Labute approximate surface area is 197 Å². The second-order valence-electron chi connectivity index (χ2n) is 8.18. The highest BCUT2D eigenvalue weighted by atomic mass is 16.5. The van der Waals surface area contributed by atoms with Crippen molar-refractivity contribution < 1.29 is 24.2 Å². The molecule has 0 unspecified atom stereocenters. The lowest BCUT2D eigenvalue weighted by Gasteiger charge is -2.18. The van der Waals surface area contributed by atoms with Crippen LogP contribution in [0.1, 0.15) is 29.0 Å². The predicted octanol–water partition coefficient (Wildman–Crippen LogP) is 3.46. The van der Waals surface area contributed by atoms with Gasteiger partial charge in [-0.3, -0.25) is 4.79 Å². The normalized spacial score (nSPS) is 16.9. The Morgan fingerprint density at radius 2 is 1.91 bits per heavy atom. The number of carboxylic acids is 1. The number of amides is 1. The SMILES string of the molecule is COC(=O)N=C(N)c1c(C[C@H](C(=O)O)c2ccc(O[C@H]3CCNC3)cc2)ccc2ccccc12. The van der Waals surface area contributed by atoms with Crippen molar-refractivity contribution in [2.24, 2.45) is 10.7 Å². The number of carbonyl (C=O) groups is 2. The fourth-order valence-corrected chi connectivity index (χ4v) is 4.26. The van der Waals surface area contributed by atoms with Crippen LogP contribution in [-0.2, 0) is 16.0 Å². The molecule has 4 N–H and O–H groups in total. The van der Waals surface area contributed by atoms with Gasteiger partial charge in [0.05, 0.1) is 13.0 Å². The molecular formula is C26H27N3O5. The maximum atomic E-state index is 12.3. The highest BCUT2D eigenvalue weighted by molar-refractivity contribution is 6.12. The summed E-state index contributed by atoms with van der Waals surface area (Å²) in [5, 5.41) is 15.0. The van der Waals surface area contributed by atoms with E-state index in [1.54, 1.807) is 24.3 Å². The van der Waals surface area contributed by atoms with E-state index in [2.05, 4.69) is 15.0 Å². The van der Waals surface area contributed by atoms with Gasteiger partial charge in [0.15, 0.2) is 0 Å². The first kappa shape index (κ1) is 23.3. The van der Waals surface area contributed by atoms with Crippen molar-refractivity contribution in [2.75, 3.05) is 20.2 Å². The number of methoxy groups -OCH3 is 1. The van der Waals surface area contributed by atoms with Crippen LogP contribution in [-0.4, -0.2) is 49.3 Å². The number of ether oxygens (including phenoxy) is 2. The Bertz CT molecular complexity index is 1220. The number of aliphatic carboxylic acids is 1. The van der Waals surface area contributed by atoms with Crippen LogP contribution < -0.4 is 15.8 Å². The second-order valence-corrected chi connectivity index (χ2v) is 8.18. The van der Waals surface area contributed by atoms with Crippen LogP contribution in [0.3, 0.4) is 0 Å². The molecule has 2 atom stereocenters. The third kappa shape index (κ3) is 5.18. The third-order valence-electron chi connectivity index (χ3n) is 5.98. The quantitative estimate of drug-likeness (QED) is 0.364. The summed E-state index contributed by atoms with van der Waals surface area (Å²) >= 11 is 0. The number of nitrogens with one attached hydrogen (secondary N) is 1. The summed E-state index contributed by atoms with van der Waals surface area (Å²) in [4.78, 5) is 27.8. The number of nitrogens with two attached hydrogens (primary N) is 1. The first-order chi connectivity index (χ1) is 16.5. The number of carbonyl (C=O) groups excluding carboxylic acids is 1. The Hall–Kier alpha value is -3.91. The Balaban J connectivity index is 1.67. The Morgan fingerprint density at radius 3 is 2.59 bits per heavy atom. The van der Waals surface area contributed by atoms with Crippen molar-refractivity contribution >= 4 is 28.7 Å². The van der Waals surface area contributed by atoms with Gasteiger partial charge < -0.3 is 25.6 Å². The molecule has 0 aliphatic carbocycles. The number of hydrogen-bond donors (Lipinski definition) is 3. The third-order valence-corrected chi connectivity index (χ3v) is 5.98. The maximum absolute atomic E-state index is 12.3. The van der Waals surface area contributed by atoms with Gasteiger partial charge in [0.2, 0.25) is 0 Å². The lowest BCUT2D eigenvalue weighted by molar-refractivity contribution is -0.138. The zero-order valence-corrected chi connectivity index (χ0v) is 18.9. The average Bonchev–Trinajstić information content (AvgIpc) is 3.35. The molecule has 3 aromatic carbocycles. The minimum Gasteiger partial charge on any atom is -0.489 e. The van der Waals surface area contributed by atoms with Gasteiger partial charge in [-0.25, -0.2) is 4.79 Å². The molecule has 1 saturated heterocycles. The van der Waals surface area contributed by atoms with Crippen LogP contribution in [0.2, 0.25) is 0 Å². The zero-order valence-electron chi connectivity index (χ0n) is 18.9. The van der Waals surface area contributed by atoms with E-state index in [-0.39, 0.29) is 18.4 Å². The summed E-state index contributed by atoms with van der Waals surface area (Å²) in [7, 11) is 1.22. The molecule has 0 radical (unpaired) electrons. The summed E-state index contributed by atoms with van der Waals surface area (Å²) in [6, 6.07) is 18.4. The molecule has 1 aliphatic heterocycles. The number of hydrogen-bond acceptors (Lipinski definition) is 5. The number of benzene rings is 3. The van der Waals surface area contributed by atoms with Crippen LogP contribution >= 0.6 is 0 Å². The van der Waals surface area contributed by atoms with E-state index < -0.39 is 18.0 Å². The van der Waals surface area contributed by atoms with Gasteiger partial charge in [0.25, 0.3) is 0 Å². The number of aliphatic imine (C=N–C) groups is 1. The fraction of sp³-hybridized carbons (Fsp3) is 0.269. The molecule has 8 heteroatoms. The van der Waals surface area contributed by atoms with Crippen molar-refractivity contribution in [2.45, 2.75) is 24.9 Å². The van der Waals surface area contributed by atoms with Gasteiger partial charge in [-0.05, 0) is 53.4 Å². The van der Waals surface area contributed by atoms with E-state index in [1.807, 2.05) is 36.4 Å². The molecule has 3 aromatic rings. The molecule has 34 heavy (non-hydrogen) atoms. The molecule has 0 saturated carbocycles. The van der Waals surface area contributed by atoms with Crippen LogP contribution in [0.5, 0.6) is 5.75 Å². The Morgan fingerprint density at radius 1 is 1.15 bits per heavy atom. The monoisotopic (exact) mass is 461 g/mol. The van der Waals surface area contributed by atoms with Gasteiger partial charge >= 0.3 is 12.1 Å². The first-order valence-corrected chi connectivity index (χ1v) is 11.1. The van der Waals surface area contributed by atoms with Crippen molar-refractivity contribution in [3.8, 4) is 5.75 Å². The van der Waals surface area contributed by atoms with Gasteiger partial charge in [-0.1, -0.05) is 48.5 Å². The number of fused-ring (bicyclic) bond motifs is 1. The topological polar surface area (TPSA) is 123 Å². The summed E-state index contributed by atoms with van der Waals surface area (Å²) in [6.45, 7) is 1.74. The summed E-state index contributed by atoms with van der Waals surface area (Å²) in [6.07, 6.45) is 0.413. The fourth-order valence-electron chi connectivity index (χ4n) is 4.26. The van der Waals surface area contributed by atoms with E-state index in [0.29, 0.717) is 22.4 Å². The van der Waals surface area contributed by atoms with Crippen molar-refractivity contribution in [1.29, 1.82) is 0 Å². The van der Waals surface area contributed by atoms with Gasteiger partial charge in [-0.15, -0.1) is 0 Å². The smallest absolute Gasteiger partial charge is 0.435 e. The van der Waals surface area contributed by atoms with Gasteiger partial charge in [0.1, 0.15) is 17.7 Å². The highest BCUT2D eigenvalue weighted by Crippen LogP contribution is 2.29. The summed E-state index contributed by atoms with van der Waals surface area (Å²) in [5.74, 6) is -1.09. The van der Waals surface area contributed by atoms with Crippen molar-refractivity contribution in [3.63, 3.8) is 0 Å². The number of amidine groups is 1. The predicted molar refractivity (Wildman–Crippen MR) is 130 cm³/mol. The van der Waals surface area contributed by atoms with Crippen molar-refractivity contribution in [1.82, 2.24) is 5.32 Å². The van der Waals surface area contributed by atoms with E-state index in [0.717, 1.165) is 30.3 Å². The first-order valence-electron chi connectivity index (χ1n) is 11.1. The molecule has 1 aliphatic rings. The van der Waals surface area contributed by atoms with E-state index in [4.69, 9.17) is 10.5 Å². The molecule has 4 rings (SSSR count). The Kier molecular flexibility index (Phi) is 7.08. The van der Waals surface area contributed by atoms with Crippen molar-refractivity contribution in [3.05, 3.63) is 77.4 Å². The molecule has 0 bridgehead atoms. The lowest BCUT2D eigenvalue weighted by Crippen LogP contribution is -2.21. The molecule has 1 fully saturated rings. The molecule has 1 heterocycles. The number of carboxylic acid groups (broad SMARTS) is 1. The molecular weight excluding hydrogens is 434 g/mol. The maximum Gasteiger partial charge on any atom is 0.435 e. The standard InChI is InChI=1S/C26H27N3O5/c1-33-26(32)29-24(27)23-18(7-6-16-4-2-3-5-21(16)23)14-22(25(30)31)17-8-10-19(11-9-17)34-20-12-13-28-15-20/h2-11,20,22,28H,12-15H2,1H3,(H,30,31)(H2,27,29,32)/t20-,22-/m0/s1. The largest absolute Gasteiger partial charge is 0.489 e. The average molecular weight is 462 g/mol. The molecule has 8 nitrogen and oxygen atoms in total. The van der Waals surface area contributed by atoms with Crippen LogP contribution in [0.4, 0.5) is 4.79 Å². The molecule has 176 valence electrons. The van der Waals surface area contributed by atoms with E-state index >= 15 is 0 Å². The summed E-state index contributed by atoms with van der Waals surface area (Å²) in [5.41, 5.74) is 8.06. The number of nitrogens with zero attached hydrogens (tertiary/aromatic N) is 1. The second kappa shape index (κ2) is 10.4. The van der Waals surface area contributed by atoms with Crippen LogP contribution in [0, 0.1) is 0 Å². The molecule has 0 spiro atoms. The summed E-state index contributed by atoms with van der Waals surface area (Å²) < 4.78 is 10.6. The van der Waals surface area contributed by atoms with E-state index in [1.165, 1.54) is 7.11 Å². The van der Waals surface area contributed by atoms with Crippen LogP contribution in [0.25, 0.3) is 10.8 Å².